The van der Waals surface area contributed by atoms with E-state index in [2.05, 4.69) is 19.9 Å². The summed E-state index contributed by atoms with van der Waals surface area (Å²) >= 11 is 0. The Bertz CT molecular complexity index is 354. The molecule has 0 heterocycles. The molecule has 88 valence electrons. The molecule has 0 amide bonds. The van der Waals surface area contributed by atoms with Gasteiger partial charge in [0, 0.05) is 0 Å². The van der Waals surface area contributed by atoms with Crippen LogP contribution in [0, 0.1) is 0 Å². The molecule has 1 atom stereocenters. The van der Waals surface area contributed by atoms with Gasteiger partial charge in [-0.15, -0.1) is 0 Å². The van der Waals surface area contributed by atoms with Crippen LogP contribution in [-0.4, -0.2) is 11.1 Å². The summed E-state index contributed by atoms with van der Waals surface area (Å²) in [6.07, 6.45) is 2.20. The van der Waals surface area contributed by atoms with E-state index in [9.17, 15) is 4.79 Å². The van der Waals surface area contributed by atoms with Crippen molar-refractivity contribution in [2.24, 2.45) is 0 Å². The van der Waals surface area contributed by atoms with Crippen molar-refractivity contribution < 1.29 is 9.90 Å². The third-order valence-electron chi connectivity index (χ3n) is 3.24. The normalized spacial score (nSPS) is 12.8. The fourth-order valence-corrected chi connectivity index (χ4v) is 1.98. The minimum Gasteiger partial charge on any atom is -0.481 e. The average Bonchev–Trinajstić information content (AvgIpc) is 2.30. The lowest BCUT2D eigenvalue weighted by atomic mass is 9.90. The minimum absolute atomic E-state index is 0.422. The molecule has 0 bridgehead atoms. The van der Waals surface area contributed by atoms with Crippen LogP contribution in [0.3, 0.4) is 0 Å². The molecule has 0 saturated carbocycles. The summed E-state index contributed by atoms with van der Waals surface area (Å²) in [6, 6.07) is 7.99. The van der Waals surface area contributed by atoms with Crippen LogP contribution in [0.25, 0.3) is 0 Å². The third kappa shape index (κ3) is 2.84. The van der Waals surface area contributed by atoms with Gasteiger partial charge in [-0.05, 0) is 36.8 Å². The number of hydrogen-bond donors (Lipinski definition) is 1. The van der Waals surface area contributed by atoms with E-state index in [1.54, 1.807) is 6.92 Å². The topological polar surface area (TPSA) is 37.3 Å². The quantitative estimate of drug-likeness (QED) is 0.820. The van der Waals surface area contributed by atoms with E-state index in [1.807, 2.05) is 18.2 Å². The van der Waals surface area contributed by atoms with Crippen LogP contribution < -0.4 is 0 Å². The van der Waals surface area contributed by atoms with E-state index in [-0.39, 0.29) is 0 Å². The Morgan fingerprint density at radius 2 is 1.81 bits per heavy atom. The van der Waals surface area contributed by atoms with E-state index < -0.39 is 11.9 Å². The Labute approximate surface area is 97.3 Å². The smallest absolute Gasteiger partial charge is 0.310 e. The molecule has 1 N–H and O–H groups in total. The van der Waals surface area contributed by atoms with Crippen molar-refractivity contribution in [3.63, 3.8) is 0 Å². The lowest BCUT2D eigenvalue weighted by Gasteiger charge is -2.15. The van der Waals surface area contributed by atoms with Gasteiger partial charge >= 0.3 is 5.97 Å². The van der Waals surface area contributed by atoms with Crippen molar-refractivity contribution in [1.82, 2.24) is 0 Å². The molecular formula is C14H20O2. The molecule has 1 aromatic rings. The van der Waals surface area contributed by atoms with Crippen molar-refractivity contribution in [1.29, 1.82) is 0 Å². The zero-order valence-corrected chi connectivity index (χ0v) is 10.2. The number of hydrogen-bond acceptors (Lipinski definition) is 1. The van der Waals surface area contributed by atoms with Crippen LogP contribution in [0.2, 0.25) is 0 Å². The monoisotopic (exact) mass is 220 g/mol. The molecule has 0 aliphatic heterocycles. The molecule has 0 fully saturated rings. The Morgan fingerprint density at radius 3 is 2.31 bits per heavy atom. The molecule has 0 aromatic heterocycles. The second-order valence-corrected chi connectivity index (χ2v) is 4.24. The molecular weight excluding hydrogens is 200 g/mol. The molecule has 2 heteroatoms. The molecule has 1 aromatic carbocycles. The van der Waals surface area contributed by atoms with Gasteiger partial charge in [-0.25, -0.2) is 0 Å². The molecule has 16 heavy (non-hydrogen) atoms. The highest BCUT2D eigenvalue weighted by molar-refractivity contribution is 5.75. The summed E-state index contributed by atoms with van der Waals surface area (Å²) in [4.78, 5) is 10.9. The predicted octanol–water partition coefficient (Wildman–Crippen LogP) is 3.78. The molecule has 0 aliphatic rings. The highest BCUT2D eigenvalue weighted by Gasteiger charge is 2.15. The first kappa shape index (κ1) is 12.8. The summed E-state index contributed by atoms with van der Waals surface area (Å²) in [5, 5.41) is 8.98. The fraction of sp³-hybridized carbons (Fsp3) is 0.500. The lowest BCUT2D eigenvalue weighted by molar-refractivity contribution is -0.138. The first-order valence-corrected chi connectivity index (χ1v) is 5.92. The van der Waals surface area contributed by atoms with E-state index in [0.29, 0.717) is 5.92 Å². The highest BCUT2D eigenvalue weighted by atomic mass is 16.4. The second kappa shape index (κ2) is 5.69. The predicted molar refractivity (Wildman–Crippen MR) is 65.8 cm³/mol. The van der Waals surface area contributed by atoms with Crippen molar-refractivity contribution in [2.45, 2.75) is 45.4 Å². The summed E-state index contributed by atoms with van der Waals surface area (Å²) < 4.78 is 0. The van der Waals surface area contributed by atoms with E-state index >= 15 is 0 Å². The summed E-state index contributed by atoms with van der Waals surface area (Å²) in [7, 11) is 0. The van der Waals surface area contributed by atoms with Gasteiger partial charge in [0.25, 0.3) is 0 Å². The van der Waals surface area contributed by atoms with Gasteiger partial charge < -0.3 is 5.11 Å². The van der Waals surface area contributed by atoms with Crippen molar-refractivity contribution >= 4 is 5.97 Å². The molecule has 0 aliphatic carbocycles. The Morgan fingerprint density at radius 1 is 1.25 bits per heavy atom. The van der Waals surface area contributed by atoms with E-state index in [4.69, 9.17) is 5.11 Å². The number of carboxylic acids is 1. The van der Waals surface area contributed by atoms with Crippen LogP contribution in [0.5, 0.6) is 0 Å². The third-order valence-corrected chi connectivity index (χ3v) is 3.24. The summed E-state index contributed by atoms with van der Waals surface area (Å²) in [5.41, 5.74) is 2.16. The molecule has 0 saturated heterocycles. The van der Waals surface area contributed by atoms with Gasteiger partial charge in [0.1, 0.15) is 0 Å². The fourth-order valence-electron chi connectivity index (χ4n) is 1.98. The van der Waals surface area contributed by atoms with Gasteiger partial charge in [0.2, 0.25) is 0 Å². The van der Waals surface area contributed by atoms with E-state index in [0.717, 1.165) is 18.4 Å². The number of benzene rings is 1. The van der Waals surface area contributed by atoms with Crippen molar-refractivity contribution in [2.75, 3.05) is 0 Å². The Balaban J connectivity index is 2.98. The highest BCUT2D eigenvalue weighted by Crippen LogP contribution is 2.26. The number of carboxylic acid groups (broad SMARTS) is 1. The van der Waals surface area contributed by atoms with Crippen LogP contribution in [0.15, 0.2) is 24.3 Å². The van der Waals surface area contributed by atoms with Gasteiger partial charge in [-0.1, -0.05) is 38.1 Å². The molecule has 2 nitrogen and oxygen atoms in total. The summed E-state index contributed by atoms with van der Waals surface area (Å²) in [6.45, 7) is 6.07. The van der Waals surface area contributed by atoms with Crippen LogP contribution in [0.4, 0.5) is 0 Å². The van der Waals surface area contributed by atoms with Gasteiger partial charge in [-0.3, -0.25) is 4.79 Å². The maximum Gasteiger partial charge on any atom is 0.310 e. The largest absolute Gasteiger partial charge is 0.481 e. The Hall–Kier alpha value is -1.31. The van der Waals surface area contributed by atoms with Crippen LogP contribution >= 0.6 is 0 Å². The first-order chi connectivity index (χ1) is 7.60. The van der Waals surface area contributed by atoms with E-state index in [1.165, 1.54) is 5.56 Å². The van der Waals surface area contributed by atoms with Crippen molar-refractivity contribution in [3.8, 4) is 0 Å². The number of carbonyl (C=O) groups is 1. The summed E-state index contributed by atoms with van der Waals surface area (Å²) in [5.74, 6) is -0.642. The minimum atomic E-state index is -0.762. The van der Waals surface area contributed by atoms with Crippen LogP contribution in [0.1, 0.15) is 56.6 Å². The Kier molecular flexibility index (Phi) is 4.53. The zero-order valence-electron chi connectivity index (χ0n) is 10.2. The maximum atomic E-state index is 10.9. The number of rotatable bonds is 5. The van der Waals surface area contributed by atoms with Crippen molar-refractivity contribution in [3.05, 3.63) is 35.4 Å². The van der Waals surface area contributed by atoms with Gasteiger partial charge in [-0.2, -0.15) is 0 Å². The second-order valence-electron chi connectivity index (χ2n) is 4.24. The van der Waals surface area contributed by atoms with Gasteiger partial charge in [0.05, 0.1) is 5.92 Å². The van der Waals surface area contributed by atoms with Gasteiger partial charge in [0.15, 0.2) is 0 Å². The number of aliphatic carboxylic acids is 1. The average molecular weight is 220 g/mol. The molecule has 1 rings (SSSR count). The first-order valence-electron chi connectivity index (χ1n) is 5.92. The molecule has 0 spiro atoms. The lowest BCUT2D eigenvalue weighted by Crippen LogP contribution is -2.08. The maximum absolute atomic E-state index is 10.9. The zero-order chi connectivity index (χ0) is 12.1. The van der Waals surface area contributed by atoms with Crippen LogP contribution in [-0.2, 0) is 4.79 Å². The standard InChI is InChI=1S/C14H20O2/c1-4-11(5-2)13-8-6-7-12(9-13)10(3)14(15)16/h6-11H,4-5H2,1-3H3,(H,15,16). The SMILES string of the molecule is CCC(CC)c1cccc(C(C)C(=O)O)c1. The molecule has 1 unspecified atom stereocenters. The molecule has 0 radical (unpaired) electrons.